The molecule has 1 unspecified atom stereocenters. The Hall–Kier alpha value is -3.45. The summed E-state index contributed by atoms with van der Waals surface area (Å²) >= 11 is 0. The highest BCUT2D eigenvalue weighted by atomic mass is 32.2. The fourth-order valence-corrected chi connectivity index (χ4v) is 4.50. The standard InChI is InChI=1S/C18H21N5O7S/c1-11-7-6-8-12(16(25)29-4)15(11)20-31(27,28)17-19-13-9-14(24)21(2)23(13,3)10-22(17)18(26)30-5/h6-9H,10H2,1-5H3/p+1. The van der Waals surface area contributed by atoms with E-state index in [9.17, 15) is 22.8 Å². The van der Waals surface area contributed by atoms with Crippen LogP contribution in [0, 0.1) is 6.92 Å². The van der Waals surface area contributed by atoms with Gasteiger partial charge >= 0.3 is 12.1 Å². The van der Waals surface area contributed by atoms with Crippen molar-refractivity contribution in [1.29, 1.82) is 0 Å². The van der Waals surface area contributed by atoms with Gasteiger partial charge in [-0.2, -0.15) is 27.9 Å². The summed E-state index contributed by atoms with van der Waals surface area (Å²) in [6, 6.07) is 4.58. The van der Waals surface area contributed by atoms with E-state index in [-0.39, 0.29) is 28.3 Å². The Morgan fingerprint density at radius 2 is 1.90 bits per heavy atom. The van der Waals surface area contributed by atoms with E-state index in [4.69, 9.17) is 9.47 Å². The van der Waals surface area contributed by atoms with Gasteiger partial charge in [0, 0.05) is 0 Å². The first kappa shape index (κ1) is 22.2. The van der Waals surface area contributed by atoms with E-state index < -0.39 is 33.2 Å². The van der Waals surface area contributed by atoms with E-state index >= 15 is 0 Å². The summed E-state index contributed by atoms with van der Waals surface area (Å²) in [6.07, 6.45) is 0.214. The van der Waals surface area contributed by atoms with Gasteiger partial charge in [-0.1, -0.05) is 12.1 Å². The van der Waals surface area contributed by atoms with Gasteiger partial charge < -0.3 is 9.47 Å². The lowest BCUT2D eigenvalue weighted by molar-refractivity contribution is -0.974. The fraction of sp³-hybridized carbons (Fsp3) is 0.333. The lowest BCUT2D eigenvalue weighted by atomic mass is 10.1. The van der Waals surface area contributed by atoms with E-state index in [2.05, 4.69) is 9.71 Å². The topological polar surface area (TPSA) is 135 Å². The van der Waals surface area contributed by atoms with Crippen LogP contribution in [0.5, 0.6) is 0 Å². The zero-order valence-corrected chi connectivity index (χ0v) is 18.4. The van der Waals surface area contributed by atoms with Gasteiger partial charge in [0.05, 0.1) is 45.6 Å². The zero-order chi connectivity index (χ0) is 23.1. The van der Waals surface area contributed by atoms with Crippen LogP contribution in [0.3, 0.4) is 0 Å². The maximum atomic E-state index is 13.3. The molecule has 2 amide bonds. The molecule has 0 bridgehead atoms. The number of likely N-dealkylation sites (N-methyl/N-ethyl adjacent to an activating group) is 1. The summed E-state index contributed by atoms with van der Waals surface area (Å²) in [4.78, 5) is 41.6. The maximum absolute atomic E-state index is 13.3. The number of benzene rings is 1. The predicted octanol–water partition coefficient (Wildman–Crippen LogP) is 0.594. The molecular formula is C18H22N5O7S+. The molecular weight excluding hydrogens is 430 g/mol. The zero-order valence-electron chi connectivity index (χ0n) is 17.6. The number of amidine groups is 1. The van der Waals surface area contributed by atoms with Crippen molar-refractivity contribution in [3.8, 4) is 0 Å². The van der Waals surface area contributed by atoms with Crippen molar-refractivity contribution in [2.75, 3.05) is 39.7 Å². The molecule has 1 N–H and O–H groups in total. The molecule has 3 rings (SSSR count). The Balaban J connectivity index is 2.12. The van der Waals surface area contributed by atoms with Gasteiger partial charge in [-0.25, -0.2) is 9.59 Å². The average Bonchev–Trinajstić information content (AvgIpc) is 2.95. The van der Waals surface area contributed by atoms with Gasteiger partial charge in [-0.05, 0) is 18.6 Å². The quantitative estimate of drug-likeness (QED) is 0.524. The second-order valence-electron chi connectivity index (χ2n) is 7.03. The van der Waals surface area contributed by atoms with Gasteiger partial charge in [0.1, 0.15) is 0 Å². The molecule has 1 aromatic rings. The largest absolute Gasteiger partial charge is 0.465 e. The molecule has 0 saturated carbocycles. The highest BCUT2D eigenvalue weighted by Crippen LogP contribution is 2.32. The lowest BCUT2D eigenvalue weighted by Gasteiger charge is -2.40. The molecule has 2 heterocycles. The SMILES string of the molecule is COC(=O)c1cccc(C)c1NS(=O)(=O)C1=NC2=CC(=O)N(C)[N+]2(C)CN1C(=O)OC. The molecule has 1 aromatic carbocycles. The highest BCUT2D eigenvalue weighted by molar-refractivity contribution is 8.07. The Labute approximate surface area is 178 Å². The Morgan fingerprint density at radius 1 is 1.23 bits per heavy atom. The van der Waals surface area contributed by atoms with Crippen LogP contribution in [0.15, 0.2) is 35.1 Å². The number of quaternary nitrogens is 1. The molecule has 0 spiro atoms. The number of hydrogen-bond donors (Lipinski definition) is 1. The van der Waals surface area contributed by atoms with Crippen LogP contribution >= 0.6 is 0 Å². The minimum absolute atomic E-state index is 0.0114. The highest BCUT2D eigenvalue weighted by Gasteiger charge is 2.52. The third kappa shape index (κ3) is 3.61. The van der Waals surface area contributed by atoms with Gasteiger partial charge in [-0.15, -0.1) is 0 Å². The molecule has 0 saturated heterocycles. The Morgan fingerprint density at radius 3 is 2.52 bits per heavy atom. The van der Waals surface area contributed by atoms with Crippen LogP contribution in [0.1, 0.15) is 15.9 Å². The number of aliphatic imine (C=N–C) groups is 1. The number of fused-ring (bicyclic) bond motifs is 1. The molecule has 1 atom stereocenters. The third-order valence-electron chi connectivity index (χ3n) is 5.13. The van der Waals surface area contributed by atoms with Gasteiger partial charge in [0.15, 0.2) is 6.67 Å². The molecule has 0 radical (unpaired) electrons. The monoisotopic (exact) mass is 452 g/mol. The van der Waals surface area contributed by atoms with Crippen molar-refractivity contribution in [3.05, 3.63) is 41.2 Å². The maximum Gasteiger partial charge on any atom is 0.420 e. The smallest absolute Gasteiger partial charge is 0.420 e. The van der Waals surface area contributed by atoms with E-state index in [1.165, 1.54) is 31.3 Å². The predicted molar refractivity (Wildman–Crippen MR) is 109 cm³/mol. The number of carbonyl (C=O) groups excluding carboxylic acids is 3. The number of methoxy groups -OCH3 is 2. The number of rotatable bonds is 3. The van der Waals surface area contributed by atoms with Crippen molar-refractivity contribution >= 4 is 38.8 Å². The molecule has 0 fully saturated rings. The van der Waals surface area contributed by atoms with Gasteiger partial charge in [0.2, 0.25) is 0 Å². The minimum atomic E-state index is -4.49. The van der Waals surface area contributed by atoms with Crippen molar-refractivity contribution in [2.24, 2.45) is 4.99 Å². The van der Waals surface area contributed by atoms with E-state index in [0.717, 1.165) is 12.0 Å². The number of esters is 1. The van der Waals surface area contributed by atoms with E-state index in [1.807, 2.05) is 0 Å². The molecule has 0 aromatic heterocycles. The third-order valence-corrected chi connectivity index (χ3v) is 6.40. The summed E-state index contributed by atoms with van der Waals surface area (Å²) in [6.45, 7) is 1.35. The van der Waals surface area contributed by atoms with Crippen LogP contribution in [-0.2, 0) is 24.3 Å². The summed E-state index contributed by atoms with van der Waals surface area (Å²) in [5.74, 6) is -1.01. The molecule has 13 heteroatoms. The summed E-state index contributed by atoms with van der Waals surface area (Å²) in [5.41, 5.74) is 0.420. The summed E-state index contributed by atoms with van der Waals surface area (Å²) < 4.78 is 38.1. The number of amides is 2. The molecule has 2 aliphatic heterocycles. The van der Waals surface area contributed by atoms with E-state index in [0.29, 0.717) is 5.56 Å². The number of hydrogen-bond acceptors (Lipinski definition) is 8. The first-order valence-electron chi connectivity index (χ1n) is 8.97. The second-order valence-corrected chi connectivity index (χ2v) is 8.61. The Kier molecular flexibility index (Phi) is 5.50. The average molecular weight is 452 g/mol. The molecule has 31 heavy (non-hydrogen) atoms. The number of nitrogens with zero attached hydrogens (tertiary/aromatic N) is 4. The van der Waals surface area contributed by atoms with Crippen LogP contribution < -0.4 is 4.72 Å². The van der Waals surface area contributed by atoms with Crippen LogP contribution in [-0.4, -0.2) is 81.0 Å². The first-order chi connectivity index (χ1) is 14.5. The van der Waals surface area contributed by atoms with Crippen LogP contribution in [0.2, 0.25) is 0 Å². The normalized spacial score (nSPS) is 20.6. The van der Waals surface area contributed by atoms with Crippen molar-refractivity contribution < 1.29 is 36.9 Å². The number of carbonyl (C=O) groups is 3. The first-order valence-corrected chi connectivity index (χ1v) is 10.5. The van der Waals surface area contributed by atoms with E-state index in [1.54, 1.807) is 26.1 Å². The van der Waals surface area contributed by atoms with Gasteiger partial charge in [-0.3, -0.25) is 9.52 Å². The number of para-hydroxylation sites is 1. The number of nitrogens with one attached hydrogen (secondary N) is 1. The summed E-state index contributed by atoms with van der Waals surface area (Å²) in [5, 5.41) is 0.644. The molecule has 166 valence electrons. The molecule has 0 aliphatic carbocycles. The second kappa shape index (κ2) is 7.67. The number of anilines is 1. The lowest BCUT2D eigenvalue weighted by Crippen LogP contribution is -2.63. The van der Waals surface area contributed by atoms with Crippen molar-refractivity contribution in [1.82, 2.24) is 9.91 Å². The van der Waals surface area contributed by atoms with Gasteiger partial charge in [0.25, 0.3) is 26.9 Å². The minimum Gasteiger partial charge on any atom is -0.465 e. The number of ether oxygens (including phenoxy) is 2. The van der Waals surface area contributed by atoms with Crippen LogP contribution in [0.4, 0.5) is 10.5 Å². The fourth-order valence-electron chi connectivity index (χ4n) is 3.23. The summed E-state index contributed by atoms with van der Waals surface area (Å²) in [7, 11) is 0.885. The van der Waals surface area contributed by atoms with Crippen molar-refractivity contribution in [3.63, 3.8) is 0 Å². The molecule has 12 nitrogen and oxygen atoms in total. The molecule has 2 aliphatic rings. The Bertz CT molecular complexity index is 1140. The number of sulfonamides is 1. The van der Waals surface area contributed by atoms with Crippen LogP contribution in [0.25, 0.3) is 0 Å². The van der Waals surface area contributed by atoms with Crippen molar-refractivity contribution in [2.45, 2.75) is 6.92 Å². The number of aryl methyl sites for hydroxylation is 1.